The van der Waals surface area contributed by atoms with E-state index in [1.807, 2.05) is 0 Å². The van der Waals surface area contributed by atoms with Crippen LogP contribution in [0.1, 0.15) is 37.6 Å². The molecule has 1 aromatic carbocycles. The predicted molar refractivity (Wildman–Crippen MR) is 118 cm³/mol. The molecular weight excluding hydrogens is 518 g/mol. The smallest absolute Gasteiger partial charge is 0.338 e. The number of nitrogens with zero attached hydrogens (tertiary/aromatic N) is 1. The molecule has 160 valence electrons. The zero-order valence-corrected chi connectivity index (χ0v) is 20.1. The molecule has 3 aliphatic rings. The number of anilines is 1. The fourth-order valence-electron chi connectivity index (χ4n) is 4.81. The molecule has 3 fully saturated rings. The first kappa shape index (κ1) is 21.7. The summed E-state index contributed by atoms with van der Waals surface area (Å²) in [5.41, 5.74) is -0.0342. The number of ether oxygens (including phenoxy) is 1. The Bertz CT molecular complexity index is 908. The number of hydrogen-bond acceptors (Lipinski definition) is 5. The van der Waals surface area contributed by atoms with E-state index in [4.69, 9.17) is 4.74 Å². The van der Waals surface area contributed by atoms with Crippen LogP contribution in [-0.2, 0) is 19.1 Å². The lowest BCUT2D eigenvalue weighted by Crippen LogP contribution is -2.37. The Morgan fingerprint density at radius 3 is 2.17 bits per heavy atom. The van der Waals surface area contributed by atoms with Crippen LogP contribution in [0.25, 0.3) is 0 Å². The molecular formula is C22H23Br2NO5. The van der Waals surface area contributed by atoms with Gasteiger partial charge in [0.15, 0.2) is 12.4 Å². The van der Waals surface area contributed by atoms with Crippen LogP contribution in [0.2, 0.25) is 0 Å². The number of carbonyl (C=O) groups excluding carboxylic acids is 4. The number of amides is 2. The maximum absolute atomic E-state index is 13.2. The van der Waals surface area contributed by atoms with Gasteiger partial charge in [0.05, 0.1) is 23.1 Å². The summed E-state index contributed by atoms with van der Waals surface area (Å²) in [5, 5.41) is 0. The average Bonchev–Trinajstić information content (AvgIpc) is 3.30. The van der Waals surface area contributed by atoms with Gasteiger partial charge in [-0.3, -0.25) is 19.3 Å². The number of hydrogen-bond donors (Lipinski definition) is 0. The molecule has 2 amide bonds. The molecule has 0 spiro atoms. The summed E-state index contributed by atoms with van der Waals surface area (Å²) in [6, 6.07) is 6.29. The van der Waals surface area contributed by atoms with Crippen LogP contribution in [0.3, 0.4) is 0 Å². The number of benzene rings is 1. The standard InChI is InChI=1S/C22H23Br2NO5/c1-22(2,3)14(26)9-30-21(29)10-5-4-6-11(7-10)25-19(27)15-12-8-13(16(15)20(25)28)18(24)17(12)23/h4-7,12-13,15-18H,8-9H2,1-3H3/t12-,13-,15-,16+,17-,18+/m1/s1. The number of fused-ring (bicyclic) bond motifs is 5. The van der Waals surface area contributed by atoms with E-state index in [1.165, 1.54) is 11.0 Å². The van der Waals surface area contributed by atoms with Gasteiger partial charge in [0, 0.05) is 15.1 Å². The van der Waals surface area contributed by atoms with Gasteiger partial charge in [-0.05, 0) is 36.5 Å². The van der Waals surface area contributed by atoms with Crippen molar-refractivity contribution in [2.24, 2.45) is 29.1 Å². The van der Waals surface area contributed by atoms with Crippen molar-refractivity contribution in [1.82, 2.24) is 0 Å². The van der Waals surface area contributed by atoms with Gasteiger partial charge >= 0.3 is 5.97 Å². The third-order valence-corrected chi connectivity index (χ3v) is 9.70. The Kier molecular flexibility index (Phi) is 5.46. The first-order chi connectivity index (χ1) is 14.0. The van der Waals surface area contributed by atoms with Gasteiger partial charge in [-0.1, -0.05) is 58.7 Å². The number of rotatable bonds is 4. The fourth-order valence-corrected chi connectivity index (χ4v) is 6.68. The van der Waals surface area contributed by atoms with Gasteiger partial charge in [-0.2, -0.15) is 0 Å². The number of Topliss-reactive ketones (excluding diaryl/α,β-unsaturated/α-hetero) is 1. The Hall–Kier alpha value is -1.54. The molecule has 0 radical (unpaired) electrons. The molecule has 0 unspecified atom stereocenters. The molecule has 1 heterocycles. The van der Waals surface area contributed by atoms with E-state index < -0.39 is 11.4 Å². The third-order valence-electron chi connectivity index (χ3n) is 6.50. The average molecular weight is 541 g/mol. The Balaban J connectivity index is 1.53. The van der Waals surface area contributed by atoms with E-state index in [0.717, 1.165) is 6.42 Å². The molecule has 1 saturated heterocycles. The summed E-state index contributed by atoms with van der Waals surface area (Å²) in [4.78, 5) is 52.3. The largest absolute Gasteiger partial charge is 0.454 e. The summed E-state index contributed by atoms with van der Waals surface area (Å²) < 4.78 is 5.15. The van der Waals surface area contributed by atoms with Crippen molar-refractivity contribution in [3.05, 3.63) is 29.8 Å². The second kappa shape index (κ2) is 7.55. The molecule has 30 heavy (non-hydrogen) atoms. The summed E-state index contributed by atoms with van der Waals surface area (Å²) >= 11 is 7.35. The van der Waals surface area contributed by atoms with Crippen molar-refractivity contribution < 1.29 is 23.9 Å². The highest BCUT2D eigenvalue weighted by Gasteiger charge is 2.66. The zero-order chi connectivity index (χ0) is 22.0. The van der Waals surface area contributed by atoms with Crippen molar-refractivity contribution in [2.75, 3.05) is 11.5 Å². The zero-order valence-electron chi connectivity index (χ0n) is 16.9. The minimum Gasteiger partial charge on any atom is -0.454 e. The quantitative estimate of drug-likeness (QED) is 0.330. The molecule has 1 aromatic rings. The molecule has 6 atom stereocenters. The van der Waals surface area contributed by atoms with Gasteiger partial charge in [0.2, 0.25) is 11.8 Å². The van der Waals surface area contributed by atoms with Crippen LogP contribution in [0, 0.1) is 29.1 Å². The summed E-state index contributed by atoms with van der Waals surface area (Å²) in [6.07, 6.45) is 0.862. The van der Waals surface area contributed by atoms with Crippen LogP contribution in [0.4, 0.5) is 5.69 Å². The molecule has 8 heteroatoms. The molecule has 0 N–H and O–H groups in total. The molecule has 0 aromatic heterocycles. The van der Waals surface area contributed by atoms with Crippen molar-refractivity contribution in [3.8, 4) is 0 Å². The molecule has 2 saturated carbocycles. The first-order valence-corrected chi connectivity index (χ1v) is 11.8. The number of alkyl halides is 2. The third kappa shape index (κ3) is 3.36. The van der Waals surface area contributed by atoms with Crippen LogP contribution in [0.5, 0.6) is 0 Å². The molecule has 4 rings (SSSR count). The fraction of sp³-hybridized carbons (Fsp3) is 0.545. The lowest BCUT2D eigenvalue weighted by atomic mass is 9.81. The lowest BCUT2D eigenvalue weighted by Gasteiger charge is -2.28. The lowest BCUT2D eigenvalue weighted by molar-refractivity contribution is -0.129. The highest BCUT2D eigenvalue weighted by atomic mass is 79.9. The summed E-state index contributed by atoms with van der Waals surface area (Å²) in [5.74, 6) is -1.63. The minimum atomic E-state index is -0.658. The molecule has 2 bridgehead atoms. The number of carbonyl (C=O) groups is 4. The van der Waals surface area contributed by atoms with Crippen LogP contribution < -0.4 is 4.90 Å². The van der Waals surface area contributed by atoms with E-state index in [1.54, 1.807) is 39.0 Å². The second-order valence-corrected chi connectivity index (χ2v) is 11.4. The van der Waals surface area contributed by atoms with Crippen molar-refractivity contribution in [2.45, 2.75) is 36.8 Å². The van der Waals surface area contributed by atoms with Gasteiger partial charge in [-0.25, -0.2) is 4.79 Å². The number of imide groups is 1. The van der Waals surface area contributed by atoms with Crippen LogP contribution in [0.15, 0.2) is 24.3 Å². The predicted octanol–water partition coefficient (Wildman–Crippen LogP) is 3.74. The van der Waals surface area contributed by atoms with E-state index in [0.29, 0.717) is 5.69 Å². The van der Waals surface area contributed by atoms with E-state index in [2.05, 4.69) is 31.9 Å². The van der Waals surface area contributed by atoms with Crippen LogP contribution >= 0.6 is 31.9 Å². The second-order valence-electron chi connectivity index (χ2n) is 9.32. The maximum Gasteiger partial charge on any atom is 0.338 e. The summed E-state index contributed by atoms with van der Waals surface area (Å²) in [7, 11) is 0. The SMILES string of the molecule is CC(C)(C)C(=O)COC(=O)c1cccc(N2C(=O)[C@@H]3[C@H]4C[C@@H]([C@H](Br)[C@@H]4Br)[C@@H]3C2=O)c1. The van der Waals surface area contributed by atoms with Crippen LogP contribution in [-0.4, -0.2) is 39.8 Å². The topological polar surface area (TPSA) is 80.8 Å². The molecule has 1 aliphatic heterocycles. The highest BCUT2D eigenvalue weighted by molar-refractivity contribution is 9.12. The van der Waals surface area contributed by atoms with Crippen molar-refractivity contribution >= 4 is 61.1 Å². The number of halogens is 2. The molecule has 6 nitrogen and oxygen atoms in total. The van der Waals surface area contributed by atoms with E-state index >= 15 is 0 Å². The highest BCUT2D eigenvalue weighted by Crippen LogP contribution is 2.60. The first-order valence-electron chi connectivity index (χ1n) is 9.99. The minimum absolute atomic E-state index is 0.127. The van der Waals surface area contributed by atoms with Crippen molar-refractivity contribution in [1.29, 1.82) is 0 Å². The van der Waals surface area contributed by atoms with Gasteiger partial charge in [-0.15, -0.1) is 0 Å². The number of esters is 1. The monoisotopic (exact) mass is 539 g/mol. The Labute approximate surface area is 192 Å². The molecule has 2 aliphatic carbocycles. The Morgan fingerprint density at radius 1 is 1.07 bits per heavy atom. The van der Waals surface area contributed by atoms with Gasteiger partial charge in [0.25, 0.3) is 0 Å². The van der Waals surface area contributed by atoms with E-state index in [-0.39, 0.29) is 63.1 Å². The van der Waals surface area contributed by atoms with Crippen molar-refractivity contribution in [3.63, 3.8) is 0 Å². The van der Waals surface area contributed by atoms with E-state index in [9.17, 15) is 19.2 Å². The van der Waals surface area contributed by atoms with Gasteiger partial charge in [0.1, 0.15) is 0 Å². The van der Waals surface area contributed by atoms with Gasteiger partial charge < -0.3 is 4.74 Å². The normalized spacial score (nSPS) is 32.5. The summed E-state index contributed by atoms with van der Waals surface area (Å²) in [6.45, 7) is 4.95. The number of ketones is 1. The maximum atomic E-state index is 13.2. The Morgan fingerprint density at radius 2 is 1.63 bits per heavy atom.